The maximum absolute atomic E-state index is 6.09. The summed E-state index contributed by atoms with van der Waals surface area (Å²) in [5.41, 5.74) is 2.34. The van der Waals surface area contributed by atoms with Crippen LogP contribution in [0.1, 0.15) is 5.01 Å². The number of thiazole rings is 2. The molecule has 0 aliphatic rings. The van der Waals surface area contributed by atoms with Crippen molar-refractivity contribution in [3.8, 4) is 0 Å². The number of para-hydroxylation sites is 1. The Morgan fingerprint density at radius 2 is 1.96 bits per heavy atom. The lowest BCUT2D eigenvalue weighted by molar-refractivity contribution is -0.642. The molecule has 0 fully saturated rings. The summed E-state index contributed by atoms with van der Waals surface area (Å²) in [7, 11) is 4.10. The lowest BCUT2D eigenvalue weighted by Gasteiger charge is -1.92. The minimum absolute atomic E-state index is 0.758. The number of benzene rings is 2. The van der Waals surface area contributed by atoms with Crippen LogP contribution in [0.2, 0.25) is 5.02 Å². The first-order valence-electron chi connectivity index (χ1n) is 7.46. The van der Waals surface area contributed by atoms with Gasteiger partial charge < -0.3 is 4.57 Å². The van der Waals surface area contributed by atoms with Gasteiger partial charge in [0.05, 0.1) is 10.2 Å². The van der Waals surface area contributed by atoms with Crippen LogP contribution >= 0.6 is 34.3 Å². The van der Waals surface area contributed by atoms with Gasteiger partial charge in [0.2, 0.25) is 5.52 Å². The fourth-order valence-electron chi connectivity index (χ4n) is 2.65. The quantitative estimate of drug-likeness (QED) is 0.462. The summed E-state index contributed by atoms with van der Waals surface area (Å²) in [6.07, 6.45) is 3.92. The highest BCUT2D eigenvalue weighted by Crippen LogP contribution is 2.24. The second-order valence-corrected chi connectivity index (χ2v) is 7.98. The van der Waals surface area contributed by atoms with E-state index in [0.717, 1.165) is 20.3 Å². The van der Waals surface area contributed by atoms with Crippen LogP contribution in [-0.2, 0) is 14.1 Å². The Morgan fingerprint density at radius 1 is 1.12 bits per heavy atom. The van der Waals surface area contributed by atoms with Crippen molar-refractivity contribution in [2.24, 2.45) is 19.1 Å². The monoisotopic (exact) mass is 372 g/mol. The van der Waals surface area contributed by atoms with Crippen LogP contribution < -0.4 is 9.37 Å². The average molecular weight is 373 g/mol. The number of rotatable bonds is 2. The van der Waals surface area contributed by atoms with E-state index in [1.807, 2.05) is 38.5 Å². The molecule has 2 aromatic carbocycles. The van der Waals surface area contributed by atoms with Crippen molar-refractivity contribution in [2.75, 3.05) is 0 Å². The molecule has 4 aromatic rings. The number of hydrogen-bond acceptors (Lipinski definition) is 3. The molecule has 0 aliphatic heterocycles. The predicted octanol–water partition coefficient (Wildman–Crippen LogP) is 4.50. The zero-order valence-electron chi connectivity index (χ0n) is 13.2. The Hall–Kier alpha value is -1.95. The van der Waals surface area contributed by atoms with Crippen LogP contribution in [0, 0.1) is 0 Å². The molecule has 0 amide bonds. The molecule has 120 valence electrons. The Kier molecular flexibility index (Phi) is 4.00. The van der Waals surface area contributed by atoms with Crippen molar-refractivity contribution in [1.29, 1.82) is 0 Å². The van der Waals surface area contributed by atoms with Crippen LogP contribution in [0.25, 0.3) is 26.5 Å². The molecule has 0 atom stereocenters. The van der Waals surface area contributed by atoms with Crippen molar-refractivity contribution in [3.05, 3.63) is 63.5 Å². The first-order chi connectivity index (χ1) is 11.6. The van der Waals surface area contributed by atoms with Crippen LogP contribution in [0.15, 0.2) is 53.7 Å². The number of fused-ring (bicyclic) bond motifs is 2. The fourth-order valence-corrected chi connectivity index (χ4v) is 4.85. The number of halogens is 1. The molecular formula is C18H15ClN3S2+. The fraction of sp³-hybridized carbons (Fsp3) is 0.111. The third-order valence-corrected chi connectivity index (χ3v) is 6.49. The molecule has 0 spiro atoms. The third-order valence-electron chi connectivity index (χ3n) is 3.94. The summed E-state index contributed by atoms with van der Waals surface area (Å²) in [5, 5.41) is 1.90. The molecular weight excluding hydrogens is 358 g/mol. The molecule has 0 bridgehead atoms. The summed E-state index contributed by atoms with van der Waals surface area (Å²) < 4.78 is 6.72. The minimum Gasteiger partial charge on any atom is -0.320 e. The SMILES string of the molecule is Cn1c(=N/C=C/c2sc3ccc(Cl)cc3[n+]2C)sc2ccccc21. The Balaban J connectivity index is 1.74. The molecule has 0 aliphatic carbocycles. The summed E-state index contributed by atoms with van der Waals surface area (Å²) >= 11 is 9.52. The van der Waals surface area contributed by atoms with Gasteiger partial charge >= 0.3 is 0 Å². The highest BCUT2D eigenvalue weighted by Gasteiger charge is 2.14. The zero-order chi connectivity index (χ0) is 16.7. The van der Waals surface area contributed by atoms with E-state index < -0.39 is 0 Å². The predicted molar refractivity (Wildman–Crippen MR) is 103 cm³/mol. The van der Waals surface area contributed by atoms with E-state index in [2.05, 4.69) is 44.5 Å². The summed E-state index contributed by atoms with van der Waals surface area (Å²) in [4.78, 5) is 5.62. The van der Waals surface area contributed by atoms with E-state index in [4.69, 9.17) is 11.6 Å². The number of aryl methyl sites for hydroxylation is 2. The van der Waals surface area contributed by atoms with E-state index >= 15 is 0 Å². The van der Waals surface area contributed by atoms with Crippen LogP contribution in [0.4, 0.5) is 0 Å². The van der Waals surface area contributed by atoms with Crippen LogP contribution in [0.5, 0.6) is 0 Å². The van der Waals surface area contributed by atoms with Crippen molar-refractivity contribution in [2.45, 2.75) is 0 Å². The highest BCUT2D eigenvalue weighted by molar-refractivity contribution is 7.18. The first kappa shape index (κ1) is 15.6. The molecule has 3 nitrogen and oxygen atoms in total. The van der Waals surface area contributed by atoms with Gasteiger partial charge in [0.15, 0.2) is 4.80 Å². The van der Waals surface area contributed by atoms with Crippen molar-refractivity contribution in [1.82, 2.24) is 4.57 Å². The van der Waals surface area contributed by atoms with Gasteiger partial charge in [-0.2, -0.15) is 4.57 Å². The van der Waals surface area contributed by atoms with E-state index in [9.17, 15) is 0 Å². The lowest BCUT2D eigenvalue weighted by atomic mass is 10.3. The van der Waals surface area contributed by atoms with Gasteiger partial charge in [0.25, 0.3) is 5.01 Å². The van der Waals surface area contributed by atoms with Crippen molar-refractivity contribution >= 4 is 60.8 Å². The molecule has 2 aromatic heterocycles. The van der Waals surface area contributed by atoms with Crippen LogP contribution in [-0.4, -0.2) is 4.57 Å². The lowest BCUT2D eigenvalue weighted by Crippen LogP contribution is -2.28. The smallest absolute Gasteiger partial charge is 0.264 e. The maximum Gasteiger partial charge on any atom is 0.264 e. The van der Waals surface area contributed by atoms with Gasteiger partial charge in [-0.1, -0.05) is 46.4 Å². The average Bonchev–Trinajstić information content (AvgIpc) is 3.07. The molecule has 0 saturated heterocycles. The number of aromatic nitrogens is 2. The molecule has 6 heteroatoms. The number of hydrogen-bond donors (Lipinski definition) is 0. The first-order valence-corrected chi connectivity index (χ1v) is 9.47. The van der Waals surface area contributed by atoms with Gasteiger partial charge in [-0.3, -0.25) is 0 Å². The van der Waals surface area contributed by atoms with Crippen molar-refractivity contribution < 1.29 is 4.57 Å². The number of nitrogens with zero attached hydrogens (tertiary/aromatic N) is 3. The molecule has 0 N–H and O–H groups in total. The maximum atomic E-state index is 6.09. The molecule has 0 radical (unpaired) electrons. The third kappa shape index (κ3) is 2.69. The van der Waals surface area contributed by atoms with Gasteiger partial charge in [-0.05, 0) is 24.3 Å². The topological polar surface area (TPSA) is 21.2 Å². The zero-order valence-corrected chi connectivity index (χ0v) is 15.6. The highest BCUT2D eigenvalue weighted by atomic mass is 35.5. The van der Waals surface area contributed by atoms with E-state index in [-0.39, 0.29) is 0 Å². The van der Waals surface area contributed by atoms with Crippen LogP contribution in [0.3, 0.4) is 0 Å². The van der Waals surface area contributed by atoms with Gasteiger partial charge in [-0.15, -0.1) is 0 Å². The largest absolute Gasteiger partial charge is 0.320 e. The minimum atomic E-state index is 0.758. The second kappa shape index (κ2) is 6.16. The molecule has 0 saturated carbocycles. The Bertz CT molecular complexity index is 1150. The summed E-state index contributed by atoms with van der Waals surface area (Å²) in [6, 6.07) is 14.3. The Morgan fingerprint density at radius 3 is 2.79 bits per heavy atom. The standard InChI is InChI=1S/C18H15ClN3S2/c1-21-14-11-12(19)7-8-16(14)23-17(21)9-10-20-18-22(2)13-5-3-4-6-15(13)24-18/h3-11H,1-2H3/q+1. The molecule has 4 rings (SSSR count). The van der Waals surface area contributed by atoms with Gasteiger partial charge in [0, 0.05) is 30.4 Å². The summed E-state index contributed by atoms with van der Waals surface area (Å²) in [6.45, 7) is 0. The van der Waals surface area contributed by atoms with E-state index in [1.54, 1.807) is 22.7 Å². The Labute approximate surface area is 152 Å². The molecule has 0 unspecified atom stereocenters. The van der Waals surface area contributed by atoms with Gasteiger partial charge in [0.1, 0.15) is 11.7 Å². The normalized spacial score (nSPS) is 12.9. The van der Waals surface area contributed by atoms with Crippen molar-refractivity contribution in [3.63, 3.8) is 0 Å². The van der Waals surface area contributed by atoms with E-state index in [0.29, 0.717) is 0 Å². The van der Waals surface area contributed by atoms with E-state index in [1.165, 1.54) is 14.9 Å². The van der Waals surface area contributed by atoms with Gasteiger partial charge in [-0.25, -0.2) is 4.99 Å². The molecule has 24 heavy (non-hydrogen) atoms. The second-order valence-electron chi connectivity index (χ2n) is 5.47. The summed E-state index contributed by atoms with van der Waals surface area (Å²) in [5.74, 6) is 0. The molecule has 2 heterocycles.